The van der Waals surface area contributed by atoms with Gasteiger partial charge < -0.3 is 19.0 Å². The van der Waals surface area contributed by atoms with Crippen molar-refractivity contribution in [2.24, 2.45) is 0 Å². The lowest BCUT2D eigenvalue weighted by Crippen LogP contribution is -2.56. The van der Waals surface area contributed by atoms with Crippen LogP contribution in [0.1, 0.15) is 23.3 Å². The third kappa shape index (κ3) is 3.65. The zero-order chi connectivity index (χ0) is 18.8. The monoisotopic (exact) mass is 381 g/mol. The fourth-order valence-corrected chi connectivity index (χ4v) is 2.87. The molecule has 138 valence electrons. The van der Waals surface area contributed by atoms with Crippen molar-refractivity contribution in [3.05, 3.63) is 46.9 Å². The molecule has 0 unspecified atom stereocenters. The number of likely N-dealkylation sites (N-methyl/N-ethyl adjacent to an activating group) is 1. The first-order valence-corrected chi connectivity index (χ1v) is 8.33. The van der Waals surface area contributed by atoms with E-state index in [-0.39, 0.29) is 40.8 Å². The molecule has 9 heteroatoms. The minimum Gasteiger partial charge on any atom is -0.482 e. The Morgan fingerprint density at radius 2 is 2.23 bits per heavy atom. The van der Waals surface area contributed by atoms with Gasteiger partial charge in [0.05, 0.1) is 5.02 Å². The predicted molar refractivity (Wildman–Crippen MR) is 90.4 cm³/mol. The van der Waals surface area contributed by atoms with Gasteiger partial charge in [-0.2, -0.15) is 0 Å². The summed E-state index contributed by atoms with van der Waals surface area (Å²) in [5.41, 5.74) is 0.0954. The van der Waals surface area contributed by atoms with Crippen LogP contribution in [0.5, 0.6) is 5.75 Å². The number of amides is 2. The topological polar surface area (TPSA) is 75.9 Å². The lowest BCUT2D eigenvalue weighted by Gasteiger charge is -2.36. The molecule has 1 atom stereocenters. The Morgan fingerprint density at radius 3 is 2.96 bits per heavy atom. The van der Waals surface area contributed by atoms with Crippen LogP contribution in [0.25, 0.3) is 0 Å². The summed E-state index contributed by atoms with van der Waals surface area (Å²) in [4.78, 5) is 31.7. The van der Waals surface area contributed by atoms with E-state index in [0.717, 1.165) is 6.07 Å². The number of benzene rings is 1. The van der Waals surface area contributed by atoms with E-state index in [1.54, 1.807) is 18.9 Å². The highest BCUT2D eigenvalue weighted by molar-refractivity contribution is 6.32. The van der Waals surface area contributed by atoms with Crippen molar-refractivity contribution in [1.29, 1.82) is 0 Å². The molecule has 0 radical (unpaired) electrons. The summed E-state index contributed by atoms with van der Waals surface area (Å²) in [6.07, 6.45) is 1.23. The second-order valence-electron chi connectivity index (χ2n) is 5.92. The van der Waals surface area contributed by atoms with Gasteiger partial charge in [-0.1, -0.05) is 11.6 Å². The molecule has 1 aliphatic rings. The van der Waals surface area contributed by atoms with Crippen LogP contribution >= 0.6 is 11.6 Å². The van der Waals surface area contributed by atoms with E-state index in [1.807, 2.05) is 0 Å². The van der Waals surface area contributed by atoms with Crippen LogP contribution in [0.4, 0.5) is 4.39 Å². The van der Waals surface area contributed by atoms with Gasteiger partial charge in [0, 0.05) is 20.1 Å². The average Bonchev–Trinajstić information content (AvgIpc) is 3.07. The Hall–Kier alpha value is -2.61. The SMILES string of the molecule is C[C@H]1C(=O)N(C)CCN1C(=O)c1coc(COc2ccc(F)cc2Cl)n1. The summed E-state index contributed by atoms with van der Waals surface area (Å²) < 4.78 is 23.7. The van der Waals surface area contributed by atoms with Gasteiger partial charge in [0.25, 0.3) is 5.91 Å². The highest BCUT2D eigenvalue weighted by Crippen LogP contribution is 2.25. The minimum atomic E-state index is -0.560. The zero-order valence-corrected chi connectivity index (χ0v) is 15.0. The number of hydrogen-bond donors (Lipinski definition) is 0. The predicted octanol–water partition coefficient (Wildman–Crippen LogP) is 2.35. The minimum absolute atomic E-state index is 0.0736. The van der Waals surface area contributed by atoms with Crippen LogP contribution in [0, 0.1) is 5.82 Å². The zero-order valence-electron chi connectivity index (χ0n) is 14.2. The molecule has 7 nitrogen and oxygen atoms in total. The smallest absolute Gasteiger partial charge is 0.276 e. The summed E-state index contributed by atoms with van der Waals surface area (Å²) >= 11 is 5.88. The summed E-state index contributed by atoms with van der Waals surface area (Å²) in [5.74, 6) is -0.530. The number of rotatable bonds is 4. The molecular formula is C17H17ClFN3O4. The van der Waals surface area contributed by atoms with Crippen molar-refractivity contribution in [3.63, 3.8) is 0 Å². The highest BCUT2D eigenvalue weighted by atomic mass is 35.5. The van der Waals surface area contributed by atoms with E-state index in [4.69, 9.17) is 20.8 Å². The second kappa shape index (κ2) is 7.33. The molecule has 0 saturated carbocycles. The Balaban J connectivity index is 1.65. The van der Waals surface area contributed by atoms with Gasteiger partial charge in [-0.15, -0.1) is 0 Å². The van der Waals surface area contributed by atoms with E-state index < -0.39 is 11.9 Å². The van der Waals surface area contributed by atoms with Gasteiger partial charge in [0.1, 0.15) is 23.9 Å². The Kier molecular flexibility index (Phi) is 5.13. The van der Waals surface area contributed by atoms with E-state index >= 15 is 0 Å². The number of aromatic nitrogens is 1. The number of carbonyl (C=O) groups excluding carboxylic acids is 2. The van der Waals surface area contributed by atoms with Gasteiger partial charge in [-0.3, -0.25) is 9.59 Å². The van der Waals surface area contributed by atoms with Gasteiger partial charge >= 0.3 is 0 Å². The van der Waals surface area contributed by atoms with Crippen molar-refractivity contribution in [2.45, 2.75) is 19.6 Å². The van der Waals surface area contributed by atoms with E-state index in [1.165, 1.54) is 23.3 Å². The molecule has 3 rings (SSSR count). The number of hydrogen-bond acceptors (Lipinski definition) is 5. The van der Waals surface area contributed by atoms with Crippen molar-refractivity contribution in [2.75, 3.05) is 20.1 Å². The third-order valence-corrected chi connectivity index (χ3v) is 4.45. The lowest BCUT2D eigenvalue weighted by atomic mass is 10.1. The molecule has 2 heterocycles. The average molecular weight is 382 g/mol. The maximum Gasteiger partial charge on any atom is 0.276 e. The molecule has 1 aliphatic heterocycles. The van der Waals surface area contributed by atoms with Gasteiger partial charge in [0.15, 0.2) is 12.3 Å². The van der Waals surface area contributed by atoms with Crippen LogP contribution in [0.2, 0.25) is 5.02 Å². The molecule has 1 aromatic heterocycles. The van der Waals surface area contributed by atoms with E-state index in [9.17, 15) is 14.0 Å². The van der Waals surface area contributed by atoms with E-state index in [2.05, 4.69) is 4.98 Å². The largest absolute Gasteiger partial charge is 0.482 e. The number of oxazole rings is 1. The first-order chi connectivity index (χ1) is 12.4. The molecule has 1 fully saturated rings. The first-order valence-electron chi connectivity index (χ1n) is 7.95. The second-order valence-corrected chi connectivity index (χ2v) is 6.33. The Labute approximate surface area is 154 Å². The number of carbonyl (C=O) groups is 2. The maximum atomic E-state index is 13.0. The van der Waals surface area contributed by atoms with Crippen LogP contribution in [0.3, 0.4) is 0 Å². The van der Waals surface area contributed by atoms with Crippen LogP contribution in [-0.4, -0.2) is 52.8 Å². The summed E-state index contributed by atoms with van der Waals surface area (Å²) in [7, 11) is 1.70. The van der Waals surface area contributed by atoms with Gasteiger partial charge in [-0.05, 0) is 25.1 Å². The fraction of sp³-hybridized carbons (Fsp3) is 0.353. The lowest BCUT2D eigenvalue weighted by molar-refractivity contribution is -0.137. The van der Waals surface area contributed by atoms with Crippen molar-refractivity contribution in [3.8, 4) is 5.75 Å². The Bertz CT molecular complexity index is 841. The molecule has 1 saturated heterocycles. The van der Waals surface area contributed by atoms with Crippen molar-refractivity contribution < 1.29 is 23.1 Å². The molecule has 1 aromatic carbocycles. The molecule has 0 N–H and O–H groups in total. The third-order valence-electron chi connectivity index (χ3n) is 4.15. The van der Waals surface area contributed by atoms with E-state index in [0.29, 0.717) is 13.1 Å². The normalized spacial score (nSPS) is 17.5. The molecule has 26 heavy (non-hydrogen) atoms. The highest BCUT2D eigenvalue weighted by Gasteiger charge is 2.34. The van der Waals surface area contributed by atoms with Crippen LogP contribution in [0.15, 0.2) is 28.9 Å². The molecule has 2 amide bonds. The standard InChI is InChI=1S/C17H17ClFN3O4/c1-10-16(23)21(2)5-6-22(10)17(24)13-8-26-15(20-13)9-25-14-4-3-11(19)7-12(14)18/h3-4,7-8,10H,5-6,9H2,1-2H3/t10-/m0/s1. The summed E-state index contributed by atoms with van der Waals surface area (Å²) in [6, 6.07) is 3.19. The van der Waals surface area contributed by atoms with Gasteiger partial charge in [-0.25, -0.2) is 9.37 Å². The number of nitrogens with zero attached hydrogens (tertiary/aromatic N) is 3. The summed E-state index contributed by atoms with van der Waals surface area (Å²) in [5, 5.41) is 0.123. The molecule has 2 aromatic rings. The molecule has 0 bridgehead atoms. The van der Waals surface area contributed by atoms with Crippen LogP contribution < -0.4 is 4.74 Å². The Morgan fingerprint density at radius 1 is 1.46 bits per heavy atom. The van der Waals surface area contributed by atoms with Crippen LogP contribution in [-0.2, 0) is 11.4 Å². The molecule has 0 aliphatic carbocycles. The number of piperazine rings is 1. The number of halogens is 2. The number of ether oxygens (including phenoxy) is 1. The fourth-order valence-electron chi connectivity index (χ4n) is 2.65. The molecular weight excluding hydrogens is 365 g/mol. The van der Waals surface area contributed by atoms with Crippen molar-refractivity contribution >= 4 is 23.4 Å². The first kappa shape index (κ1) is 18.2. The quantitative estimate of drug-likeness (QED) is 0.812. The van der Waals surface area contributed by atoms with Crippen molar-refractivity contribution in [1.82, 2.24) is 14.8 Å². The maximum absolute atomic E-state index is 13.0. The molecule has 0 spiro atoms. The van der Waals surface area contributed by atoms with Gasteiger partial charge in [0.2, 0.25) is 11.8 Å². The summed E-state index contributed by atoms with van der Waals surface area (Å²) in [6.45, 7) is 2.49.